The van der Waals surface area contributed by atoms with Crippen molar-refractivity contribution in [3.05, 3.63) is 33.4 Å². The van der Waals surface area contributed by atoms with Gasteiger partial charge in [-0.25, -0.2) is 0 Å². The molecule has 1 aromatic carbocycles. The van der Waals surface area contributed by atoms with Crippen LogP contribution in [0.3, 0.4) is 0 Å². The van der Waals surface area contributed by atoms with Gasteiger partial charge in [0, 0.05) is 3.57 Å². The number of rotatable bonds is 3. The van der Waals surface area contributed by atoms with E-state index >= 15 is 0 Å². The predicted molar refractivity (Wildman–Crippen MR) is 65.0 cm³/mol. The maximum Gasteiger partial charge on any atom is 0.105 e. The van der Waals surface area contributed by atoms with Gasteiger partial charge in [0.1, 0.15) is 6.10 Å². The Morgan fingerprint density at radius 1 is 1.21 bits per heavy atom. The molecule has 0 aliphatic heterocycles. The summed E-state index contributed by atoms with van der Waals surface area (Å²) < 4.78 is 1.06. The Morgan fingerprint density at radius 2 is 1.86 bits per heavy atom. The molecule has 0 aliphatic carbocycles. The van der Waals surface area contributed by atoms with Crippen molar-refractivity contribution >= 4 is 22.6 Å². The number of aliphatic hydroxyl groups is 2. The number of hydrogen-bond acceptors (Lipinski definition) is 2. The van der Waals surface area contributed by atoms with Gasteiger partial charge in [0.25, 0.3) is 0 Å². The van der Waals surface area contributed by atoms with Crippen molar-refractivity contribution in [3.63, 3.8) is 0 Å². The van der Waals surface area contributed by atoms with E-state index in [9.17, 15) is 10.2 Å². The number of hydrogen-bond donors (Lipinski definition) is 2. The summed E-state index contributed by atoms with van der Waals surface area (Å²) in [5, 5.41) is 19.5. The Labute approximate surface area is 98.1 Å². The molecule has 0 aliphatic rings. The van der Waals surface area contributed by atoms with Gasteiger partial charge in [-0.1, -0.05) is 26.0 Å². The standard InChI is InChI=1S/C11H15IO2/c1-7(2)10(13)11(14)8-4-3-5-9(12)6-8/h3-7,10-11,13-14H,1-2H3/t10?,11-/m0/s1. The van der Waals surface area contributed by atoms with E-state index in [0.717, 1.165) is 9.13 Å². The fraction of sp³-hybridized carbons (Fsp3) is 0.455. The second-order valence-corrected chi connectivity index (χ2v) is 4.98. The second-order valence-electron chi connectivity index (χ2n) is 3.73. The van der Waals surface area contributed by atoms with Crippen molar-refractivity contribution in [1.82, 2.24) is 0 Å². The third-order valence-corrected chi connectivity index (χ3v) is 2.87. The van der Waals surface area contributed by atoms with Crippen LogP contribution in [0.5, 0.6) is 0 Å². The van der Waals surface area contributed by atoms with Crippen molar-refractivity contribution in [2.45, 2.75) is 26.1 Å². The molecule has 0 spiro atoms. The lowest BCUT2D eigenvalue weighted by Crippen LogP contribution is -2.23. The zero-order valence-corrected chi connectivity index (χ0v) is 10.5. The fourth-order valence-electron chi connectivity index (χ4n) is 1.25. The molecule has 78 valence electrons. The quantitative estimate of drug-likeness (QED) is 0.842. The van der Waals surface area contributed by atoms with Gasteiger partial charge in [-0.2, -0.15) is 0 Å². The Bertz CT molecular complexity index is 299. The maximum atomic E-state index is 9.83. The highest BCUT2D eigenvalue weighted by molar-refractivity contribution is 14.1. The van der Waals surface area contributed by atoms with E-state index in [2.05, 4.69) is 22.6 Å². The minimum Gasteiger partial charge on any atom is -0.390 e. The molecule has 0 radical (unpaired) electrons. The predicted octanol–water partition coefficient (Wildman–Crippen LogP) is 2.34. The molecular weight excluding hydrogens is 291 g/mol. The van der Waals surface area contributed by atoms with Crippen LogP contribution in [0.2, 0.25) is 0 Å². The van der Waals surface area contributed by atoms with Crippen LogP contribution in [-0.2, 0) is 0 Å². The summed E-state index contributed by atoms with van der Waals surface area (Å²) >= 11 is 2.19. The molecule has 1 unspecified atom stereocenters. The molecule has 0 saturated carbocycles. The largest absolute Gasteiger partial charge is 0.390 e. The molecule has 2 N–H and O–H groups in total. The summed E-state index contributed by atoms with van der Waals surface area (Å²) in [6.45, 7) is 3.78. The van der Waals surface area contributed by atoms with E-state index in [4.69, 9.17) is 0 Å². The molecule has 2 atom stereocenters. The molecule has 1 aromatic rings. The molecule has 0 heterocycles. The van der Waals surface area contributed by atoms with Gasteiger partial charge in [-0.3, -0.25) is 0 Å². The third-order valence-electron chi connectivity index (χ3n) is 2.20. The molecule has 0 amide bonds. The highest BCUT2D eigenvalue weighted by atomic mass is 127. The van der Waals surface area contributed by atoms with Gasteiger partial charge in [0.05, 0.1) is 6.10 Å². The molecule has 14 heavy (non-hydrogen) atoms. The van der Waals surface area contributed by atoms with Crippen molar-refractivity contribution < 1.29 is 10.2 Å². The fourth-order valence-corrected chi connectivity index (χ4v) is 1.82. The van der Waals surface area contributed by atoms with Crippen LogP contribution in [0.4, 0.5) is 0 Å². The Kier molecular flexibility index (Phi) is 4.34. The van der Waals surface area contributed by atoms with E-state index in [0.29, 0.717) is 0 Å². The minimum atomic E-state index is -0.787. The lowest BCUT2D eigenvalue weighted by molar-refractivity contribution is -0.00942. The highest BCUT2D eigenvalue weighted by Crippen LogP contribution is 2.22. The first-order chi connectivity index (χ1) is 6.52. The van der Waals surface area contributed by atoms with Gasteiger partial charge in [0.2, 0.25) is 0 Å². The molecular formula is C11H15IO2. The van der Waals surface area contributed by atoms with Crippen LogP contribution in [0.1, 0.15) is 25.5 Å². The van der Waals surface area contributed by atoms with Gasteiger partial charge in [-0.15, -0.1) is 0 Å². The van der Waals surface area contributed by atoms with Gasteiger partial charge >= 0.3 is 0 Å². The average Bonchev–Trinajstić information content (AvgIpc) is 2.15. The Morgan fingerprint density at radius 3 is 2.36 bits per heavy atom. The van der Waals surface area contributed by atoms with Crippen LogP contribution in [0.15, 0.2) is 24.3 Å². The average molecular weight is 306 g/mol. The first-order valence-electron chi connectivity index (χ1n) is 4.64. The molecule has 2 nitrogen and oxygen atoms in total. The Balaban J connectivity index is 2.83. The summed E-state index contributed by atoms with van der Waals surface area (Å²) in [7, 11) is 0. The Hall–Kier alpha value is -0.130. The van der Waals surface area contributed by atoms with Crippen LogP contribution in [-0.4, -0.2) is 16.3 Å². The van der Waals surface area contributed by atoms with Crippen molar-refractivity contribution in [1.29, 1.82) is 0 Å². The number of benzene rings is 1. The first-order valence-corrected chi connectivity index (χ1v) is 5.72. The summed E-state index contributed by atoms with van der Waals surface area (Å²) in [5.41, 5.74) is 0.776. The topological polar surface area (TPSA) is 40.5 Å². The summed E-state index contributed by atoms with van der Waals surface area (Å²) in [6, 6.07) is 7.56. The highest BCUT2D eigenvalue weighted by Gasteiger charge is 2.21. The second kappa shape index (κ2) is 5.09. The summed E-state index contributed by atoms with van der Waals surface area (Å²) in [5.74, 6) is 0.0582. The van der Waals surface area contributed by atoms with E-state index in [1.54, 1.807) is 0 Å². The third kappa shape index (κ3) is 2.93. The van der Waals surface area contributed by atoms with Crippen molar-refractivity contribution in [3.8, 4) is 0 Å². The van der Waals surface area contributed by atoms with Crippen LogP contribution in [0, 0.1) is 9.49 Å². The van der Waals surface area contributed by atoms with Crippen LogP contribution < -0.4 is 0 Å². The maximum absolute atomic E-state index is 9.83. The van der Waals surface area contributed by atoms with Crippen molar-refractivity contribution in [2.75, 3.05) is 0 Å². The SMILES string of the molecule is CC(C)C(O)[C@@H](O)c1cccc(I)c1. The zero-order valence-electron chi connectivity index (χ0n) is 8.31. The lowest BCUT2D eigenvalue weighted by Gasteiger charge is -2.21. The van der Waals surface area contributed by atoms with Gasteiger partial charge in [0.15, 0.2) is 0 Å². The lowest BCUT2D eigenvalue weighted by atomic mass is 9.96. The van der Waals surface area contributed by atoms with Crippen LogP contribution >= 0.6 is 22.6 Å². The molecule has 0 bridgehead atoms. The van der Waals surface area contributed by atoms with E-state index in [1.165, 1.54) is 0 Å². The van der Waals surface area contributed by atoms with Crippen LogP contribution in [0.25, 0.3) is 0 Å². The molecule has 0 saturated heterocycles. The monoisotopic (exact) mass is 306 g/mol. The molecule has 1 rings (SSSR count). The summed E-state index contributed by atoms with van der Waals surface area (Å²) in [6.07, 6.45) is -1.49. The molecule has 0 aromatic heterocycles. The first kappa shape index (κ1) is 11.9. The van der Waals surface area contributed by atoms with E-state index in [-0.39, 0.29) is 5.92 Å². The van der Waals surface area contributed by atoms with E-state index < -0.39 is 12.2 Å². The summed E-state index contributed by atoms with van der Waals surface area (Å²) in [4.78, 5) is 0. The number of aliphatic hydroxyl groups excluding tert-OH is 2. The van der Waals surface area contributed by atoms with Crippen molar-refractivity contribution in [2.24, 2.45) is 5.92 Å². The molecule has 0 fully saturated rings. The smallest absolute Gasteiger partial charge is 0.105 e. The molecule has 3 heteroatoms. The van der Waals surface area contributed by atoms with Gasteiger partial charge in [-0.05, 0) is 46.2 Å². The normalized spacial score (nSPS) is 15.6. The number of halogens is 1. The van der Waals surface area contributed by atoms with Gasteiger partial charge < -0.3 is 10.2 Å². The minimum absolute atomic E-state index is 0.0582. The van der Waals surface area contributed by atoms with E-state index in [1.807, 2.05) is 38.1 Å². The zero-order chi connectivity index (χ0) is 10.7.